The molecule has 0 heterocycles. The molecule has 152 valence electrons. The molecule has 0 unspecified atom stereocenters. The smallest absolute Gasteiger partial charge is 0.144 e. The summed E-state index contributed by atoms with van der Waals surface area (Å²) in [6.45, 7) is 14.2. The topological polar surface area (TPSA) is 41.8 Å². The van der Waals surface area contributed by atoms with Crippen LogP contribution in [0.25, 0.3) is 0 Å². The molecular weight excluding hydrogens is 346 g/mol. The minimum atomic E-state index is 0.0271. The highest BCUT2D eigenvalue weighted by Gasteiger charge is 2.28. The molecule has 0 saturated heterocycles. The molecule has 2 aromatic rings. The third kappa shape index (κ3) is 6.40. The largest absolute Gasteiger partial charge is 0.507 e. The normalized spacial score (nSPS) is 12.5. The number of para-hydroxylation sites is 1. The summed E-state index contributed by atoms with van der Waals surface area (Å²) in [7, 11) is 0. The Balaban J connectivity index is 2.39. The highest BCUT2D eigenvalue weighted by Crippen LogP contribution is 2.40. The molecule has 2 rings (SSSR count). The van der Waals surface area contributed by atoms with Gasteiger partial charge in [0, 0.05) is 11.8 Å². The Labute approximate surface area is 170 Å². The number of nitrogens with zero attached hydrogens (tertiary/aromatic N) is 1. The van der Waals surface area contributed by atoms with Crippen molar-refractivity contribution in [2.24, 2.45) is 10.4 Å². The molecule has 3 heteroatoms. The van der Waals surface area contributed by atoms with Crippen LogP contribution in [0.2, 0.25) is 0 Å². The maximum absolute atomic E-state index is 10.0. The number of hydrogen-bond donors (Lipinski definition) is 1. The van der Waals surface area contributed by atoms with E-state index in [0.717, 1.165) is 30.7 Å². The lowest BCUT2D eigenvalue weighted by Gasteiger charge is -2.33. The zero-order chi connectivity index (χ0) is 20.8. The summed E-state index contributed by atoms with van der Waals surface area (Å²) < 4.78 is 5.99. The fourth-order valence-electron chi connectivity index (χ4n) is 3.65. The third-order valence-electron chi connectivity index (χ3n) is 4.75. The van der Waals surface area contributed by atoms with Crippen LogP contribution < -0.4 is 4.74 Å². The lowest BCUT2D eigenvalue weighted by Crippen LogP contribution is -2.24. The average molecular weight is 382 g/mol. The van der Waals surface area contributed by atoms with Gasteiger partial charge in [-0.2, -0.15) is 0 Å². The van der Waals surface area contributed by atoms with E-state index in [-0.39, 0.29) is 16.6 Å². The summed E-state index contributed by atoms with van der Waals surface area (Å²) in [5, 5.41) is 10.0. The second-order valence-electron chi connectivity index (χ2n) is 9.32. The maximum Gasteiger partial charge on any atom is 0.144 e. The molecule has 0 fully saturated rings. The Hall–Kier alpha value is -2.29. The van der Waals surface area contributed by atoms with Crippen LogP contribution in [0.3, 0.4) is 0 Å². The summed E-state index contributed by atoms with van der Waals surface area (Å²) in [6.07, 6.45) is 4.88. The number of aliphatic imine (C=N–C) groups is 1. The van der Waals surface area contributed by atoms with Crippen LogP contribution in [-0.2, 0) is 5.41 Å². The number of hydrogen-bond acceptors (Lipinski definition) is 3. The first-order valence-electron chi connectivity index (χ1n) is 10.2. The molecule has 0 spiro atoms. The van der Waals surface area contributed by atoms with E-state index in [1.165, 1.54) is 5.56 Å². The lowest BCUT2D eigenvalue weighted by atomic mass is 9.72. The Bertz CT molecular complexity index is 800. The Kier molecular flexibility index (Phi) is 7.29. The number of phenolic OH excluding ortho intramolecular Hbond substituents is 1. The molecule has 0 saturated carbocycles. The first-order valence-corrected chi connectivity index (χ1v) is 10.2. The minimum absolute atomic E-state index is 0.0271. The summed E-state index contributed by atoms with van der Waals surface area (Å²) in [5.41, 5.74) is 3.01. The van der Waals surface area contributed by atoms with Gasteiger partial charge in [0.05, 0.1) is 6.61 Å². The van der Waals surface area contributed by atoms with Gasteiger partial charge in [0.2, 0.25) is 0 Å². The van der Waals surface area contributed by atoms with Crippen molar-refractivity contribution >= 4 is 11.9 Å². The summed E-state index contributed by atoms with van der Waals surface area (Å²) in [5.74, 6) is 1.01. The van der Waals surface area contributed by atoms with Crippen LogP contribution in [0, 0.1) is 5.41 Å². The molecule has 2 aromatic carbocycles. The first-order chi connectivity index (χ1) is 13.1. The predicted molar refractivity (Wildman–Crippen MR) is 119 cm³/mol. The van der Waals surface area contributed by atoms with Gasteiger partial charge in [-0.25, -0.2) is 0 Å². The quantitative estimate of drug-likeness (QED) is 0.394. The molecule has 0 aliphatic carbocycles. The Morgan fingerprint density at radius 3 is 2.39 bits per heavy atom. The third-order valence-corrected chi connectivity index (χ3v) is 4.75. The van der Waals surface area contributed by atoms with Gasteiger partial charge in [0.15, 0.2) is 0 Å². The molecule has 28 heavy (non-hydrogen) atoms. The van der Waals surface area contributed by atoms with E-state index in [1.54, 1.807) is 12.3 Å². The molecule has 0 radical (unpaired) electrons. The molecule has 0 atom stereocenters. The number of ether oxygens (including phenoxy) is 1. The van der Waals surface area contributed by atoms with Gasteiger partial charge in [-0.1, -0.05) is 66.2 Å². The predicted octanol–water partition coefficient (Wildman–Crippen LogP) is 7.04. The number of rotatable bonds is 8. The summed E-state index contributed by atoms with van der Waals surface area (Å²) in [4.78, 5) is 4.68. The lowest BCUT2D eigenvalue weighted by molar-refractivity contribution is 0.283. The van der Waals surface area contributed by atoms with E-state index in [1.807, 2.05) is 24.3 Å². The second kappa shape index (κ2) is 9.27. The number of unbranched alkanes of at least 4 members (excludes halogenated alkanes) is 1. The van der Waals surface area contributed by atoms with Gasteiger partial charge in [0.25, 0.3) is 0 Å². The molecule has 1 N–H and O–H groups in total. The van der Waals surface area contributed by atoms with E-state index < -0.39 is 0 Å². The van der Waals surface area contributed by atoms with Crippen molar-refractivity contribution in [3.8, 4) is 11.5 Å². The van der Waals surface area contributed by atoms with Crippen LogP contribution in [0.5, 0.6) is 11.5 Å². The van der Waals surface area contributed by atoms with Crippen LogP contribution in [0.4, 0.5) is 5.69 Å². The van der Waals surface area contributed by atoms with Crippen molar-refractivity contribution in [1.29, 1.82) is 0 Å². The van der Waals surface area contributed by atoms with Gasteiger partial charge in [-0.05, 0) is 53.5 Å². The highest BCUT2D eigenvalue weighted by atomic mass is 16.5. The standard InChI is InChI=1S/C25H35NO2/c1-7-8-15-28-23-14-13-20(25(5,6)18-24(2,3)4)16-21(23)26-17-19-11-9-10-12-22(19)27/h9-14,16-17,27H,7-8,15,18H2,1-6H3. The van der Waals surface area contributed by atoms with Crippen LogP contribution in [0.1, 0.15) is 71.9 Å². The number of phenols is 1. The van der Waals surface area contributed by atoms with E-state index in [0.29, 0.717) is 12.2 Å². The van der Waals surface area contributed by atoms with Gasteiger partial charge in [-0.3, -0.25) is 4.99 Å². The average Bonchev–Trinajstić information content (AvgIpc) is 2.60. The second-order valence-corrected chi connectivity index (χ2v) is 9.32. The van der Waals surface area contributed by atoms with Crippen LogP contribution in [0.15, 0.2) is 47.5 Å². The van der Waals surface area contributed by atoms with Crippen molar-refractivity contribution in [2.45, 2.75) is 66.2 Å². The van der Waals surface area contributed by atoms with Crippen molar-refractivity contribution in [1.82, 2.24) is 0 Å². The summed E-state index contributed by atoms with van der Waals surface area (Å²) in [6, 6.07) is 13.5. The Morgan fingerprint density at radius 2 is 1.75 bits per heavy atom. The Morgan fingerprint density at radius 1 is 1.04 bits per heavy atom. The molecule has 0 aliphatic rings. The van der Waals surface area contributed by atoms with Crippen molar-refractivity contribution in [3.63, 3.8) is 0 Å². The zero-order valence-corrected chi connectivity index (χ0v) is 18.2. The maximum atomic E-state index is 10.0. The van der Waals surface area contributed by atoms with Crippen molar-refractivity contribution in [3.05, 3.63) is 53.6 Å². The van der Waals surface area contributed by atoms with Gasteiger partial charge >= 0.3 is 0 Å². The molecule has 3 nitrogen and oxygen atoms in total. The van der Waals surface area contributed by atoms with Gasteiger partial charge in [-0.15, -0.1) is 0 Å². The van der Waals surface area contributed by atoms with E-state index in [4.69, 9.17) is 4.74 Å². The van der Waals surface area contributed by atoms with Crippen LogP contribution >= 0.6 is 0 Å². The van der Waals surface area contributed by atoms with Crippen LogP contribution in [-0.4, -0.2) is 17.9 Å². The fourth-order valence-corrected chi connectivity index (χ4v) is 3.65. The SMILES string of the molecule is CCCCOc1ccc(C(C)(C)CC(C)(C)C)cc1N=Cc1ccccc1O. The van der Waals surface area contributed by atoms with E-state index >= 15 is 0 Å². The monoisotopic (exact) mass is 381 g/mol. The molecule has 0 bridgehead atoms. The van der Waals surface area contributed by atoms with Crippen molar-refractivity contribution in [2.75, 3.05) is 6.61 Å². The molecule has 0 aromatic heterocycles. The van der Waals surface area contributed by atoms with E-state index in [2.05, 4.69) is 58.7 Å². The highest BCUT2D eigenvalue weighted by molar-refractivity contribution is 5.85. The molecule has 0 aliphatic heterocycles. The first kappa shape index (κ1) is 22.0. The van der Waals surface area contributed by atoms with Gasteiger partial charge in [0.1, 0.15) is 17.2 Å². The zero-order valence-electron chi connectivity index (χ0n) is 18.2. The summed E-state index contributed by atoms with van der Waals surface area (Å²) >= 11 is 0. The molecular formula is C25H35NO2. The van der Waals surface area contributed by atoms with Crippen molar-refractivity contribution < 1.29 is 9.84 Å². The minimum Gasteiger partial charge on any atom is -0.507 e. The van der Waals surface area contributed by atoms with E-state index in [9.17, 15) is 5.11 Å². The molecule has 0 amide bonds. The number of aromatic hydroxyl groups is 1. The number of benzene rings is 2. The van der Waals surface area contributed by atoms with Gasteiger partial charge < -0.3 is 9.84 Å². The fraction of sp³-hybridized carbons (Fsp3) is 0.480.